The smallest absolute Gasteiger partial charge is 0.279 e. The second-order valence-corrected chi connectivity index (χ2v) is 6.58. The van der Waals surface area contributed by atoms with Crippen molar-refractivity contribution in [2.24, 2.45) is 5.92 Å². The van der Waals surface area contributed by atoms with E-state index in [4.69, 9.17) is 4.74 Å². The first-order valence-electron chi connectivity index (χ1n) is 8.89. The molecule has 2 rings (SSSR count). The van der Waals surface area contributed by atoms with Crippen LogP contribution in [0.1, 0.15) is 37.9 Å². The third-order valence-corrected chi connectivity index (χ3v) is 4.40. The van der Waals surface area contributed by atoms with E-state index in [1.165, 1.54) is 11.1 Å². The van der Waals surface area contributed by atoms with E-state index in [9.17, 15) is 4.79 Å². The molecule has 0 saturated heterocycles. The highest BCUT2D eigenvalue weighted by Gasteiger charge is 2.20. The number of rotatable bonds is 8. The van der Waals surface area contributed by atoms with Gasteiger partial charge in [0.05, 0.1) is 7.11 Å². The standard InChI is InChI=1S/C21H28N2O2/c1-5-16-9-11-17(12-10-16)21(15(2)3)22-14-20(24)23-18-7-6-8-19(13-18)25-4/h6-13,15,21-22H,5,14H2,1-4H3,(H,23,24)/p+1/t21-/m1/s1. The quantitative estimate of drug-likeness (QED) is 0.775. The van der Waals surface area contributed by atoms with Gasteiger partial charge in [-0.05, 0) is 24.1 Å². The van der Waals surface area contributed by atoms with Gasteiger partial charge in [0.25, 0.3) is 5.91 Å². The number of carbonyl (C=O) groups is 1. The molecule has 0 aliphatic rings. The third-order valence-electron chi connectivity index (χ3n) is 4.40. The normalized spacial score (nSPS) is 12.0. The Morgan fingerprint density at radius 3 is 2.48 bits per heavy atom. The number of aryl methyl sites for hydroxylation is 1. The fourth-order valence-corrected chi connectivity index (χ4v) is 2.92. The van der Waals surface area contributed by atoms with E-state index in [2.05, 4.69) is 55.7 Å². The van der Waals surface area contributed by atoms with Gasteiger partial charge in [-0.2, -0.15) is 0 Å². The number of methoxy groups -OCH3 is 1. The van der Waals surface area contributed by atoms with E-state index in [0.717, 1.165) is 17.9 Å². The molecular formula is C21H29N2O2+. The number of benzene rings is 2. The highest BCUT2D eigenvalue weighted by molar-refractivity contribution is 5.91. The van der Waals surface area contributed by atoms with Crippen LogP contribution >= 0.6 is 0 Å². The lowest BCUT2D eigenvalue weighted by Crippen LogP contribution is -2.88. The minimum absolute atomic E-state index is 0.0101. The summed E-state index contributed by atoms with van der Waals surface area (Å²) in [5.41, 5.74) is 3.36. The van der Waals surface area contributed by atoms with Gasteiger partial charge in [-0.1, -0.05) is 51.1 Å². The van der Waals surface area contributed by atoms with Crippen molar-refractivity contribution in [3.8, 4) is 5.75 Å². The number of nitrogens with two attached hydrogens (primary N) is 1. The molecule has 0 bridgehead atoms. The Bertz CT molecular complexity index is 681. The molecule has 0 spiro atoms. The molecule has 0 heterocycles. The van der Waals surface area contributed by atoms with Crippen LogP contribution in [0.15, 0.2) is 48.5 Å². The van der Waals surface area contributed by atoms with Crippen LogP contribution in [0.25, 0.3) is 0 Å². The molecule has 0 fully saturated rings. The van der Waals surface area contributed by atoms with Crippen LogP contribution in [-0.4, -0.2) is 19.6 Å². The molecule has 0 aromatic heterocycles. The Labute approximate surface area is 150 Å². The van der Waals surface area contributed by atoms with Crippen LogP contribution in [0.3, 0.4) is 0 Å². The molecule has 1 atom stereocenters. The molecule has 2 aromatic carbocycles. The van der Waals surface area contributed by atoms with E-state index in [0.29, 0.717) is 12.5 Å². The molecule has 3 N–H and O–H groups in total. The predicted octanol–water partition coefficient (Wildman–Crippen LogP) is 3.16. The first-order chi connectivity index (χ1) is 12.0. The minimum Gasteiger partial charge on any atom is -0.497 e. The summed E-state index contributed by atoms with van der Waals surface area (Å²) in [4.78, 5) is 12.3. The molecule has 1 amide bonds. The van der Waals surface area contributed by atoms with Gasteiger partial charge in [0.15, 0.2) is 6.54 Å². The molecular weight excluding hydrogens is 312 g/mol. The fraction of sp³-hybridized carbons (Fsp3) is 0.381. The zero-order valence-corrected chi connectivity index (χ0v) is 15.6. The van der Waals surface area contributed by atoms with Gasteiger partial charge in [0.2, 0.25) is 0 Å². The molecule has 0 unspecified atom stereocenters. The zero-order valence-electron chi connectivity index (χ0n) is 15.6. The van der Waals surface area contributed by atoms with Crippen LogP contribution in [0.5, 0.6) is 5.75 Å². The van der Waals surface area contributed by atoms with E-state index < -0.39 is 0 Å². The van der Waals surface area contributed by atoms with Crippen molar-refractivity contribution in [1.82, 2.24) is 0 Å². The number of amides is 1. The lowest BCUT2D eigenvalue weighted by Gasteiger charge is -2.20. The van der Waals surface area contributed by atoms with Crippen LogP contribution < -0.4 is 15.4 Å². The Balaban J connectivity index is 1.96. The summed E-state index contributed by atoms with van der Waals surface area (Å²) < 4.78 is 5.18. The largest absolute Gasteiger partial charge is 0.497 e. The van der Waals surface area contributed by atoms with Crippen molar-refractivity contribution in [2.75, 3.05) is 19.0 Å². The summed E-state index contributed by atoms with van der Waals surface area (Å²) >= 11 is 0. The lowest BCUT2D eigenvalue weighted by molar-refractivity contribution is -0.692. The average molecular weight is 341 g/mol. The summed E-state index contributed by atoms with van der Waals surface area (Å²) in [6.45, 7) is 6.92. The average Bonchev–Trinajstić information content (AvgIpc) is 2.62. The van der Waals surface area contributed by atoms with Crippen molar-refractivity contribution < 1.29 is 14.8 Å². The third kappa shape index (κ3) is 5.61. The number of hydrogen-bond donors (Lipinski definition) is 2. The van der Waals surface area contributed by atoms with E-state index in [1.807, 2.05) is 24.3 Å². The second kappa shape index (κ2) is 9.23. The molecule has 25 heavy (non-hydrogen) atoms. The van der Waals surface area contributed by atoms with Crippen molar-refractivity contribution in [1.29, 1.82) is 0 Å². The first kappa shape index (κ1) is 19.0. The molecule has 0 aliphatic heterocycles. The van der Waals surface area contributed by atoms with Gasteiger partial charge >= 0.3 is 0 Å². The number of hydrogen-bond acceptors (Lipinski definition) is 2. The topological polar surface area (TPSA) is 54.9 Å². The summed E-state index contributed by atoms with van der Waals surface area (Å²) in [6.07, 6.45) is 1.04. The SMILES string of the molecule is CCc1ccc([C@H]([NH2+]CC(=O)Nc2cccc(OC)c2)C(C)C)cc1. The number of carbonyl (C=O) groups excluding carboxylic acids is 1. The Hall–Kier alpha value is -2.33. The first-order valence-corrected chi connectivity index (χ1v) is 8.89. The van der Waals surface area contributed by atoms with E-state index in [1.54, 1.807) is 7.11 Å². The van der Waals surface area contributed by atoms with Crippen LogP contribution in [0, 0.1) is 5.92 Å². The van der Waals surface area contributed by atoms with Gasteiger partial charge < -0.3 is 15.4 Å². The van der Waals surface area contributed by atoms with Crippen LogP contribution in [0.2, 0.25) is 0 Å². The fourth-order valence-electron chi connectivity index (χ4n) is 2.92. The maximum Gasteiger partial charge on any atom is 0.279 e. The summed E-state index contributed by atoms with van der Waals surface area (Å²) in [6, 6.07) is 16.4. The van der Waals surface area contributed by atoms with Gasteiger partial charge in [0.1, 0.15) is 11.8 Å². The monoisotopic (exact) mass is 341 g/mol. The van der Waals surface area contributed by atoms with Crippen molar-refractivity contribution in [2.45, 2.75) is 33.2 Å². The van der Waals surface area contributed by atoms with Gasteiger partial charge in [-0.25, -0.2) is 0 Å². The van der Waals surface area contributed by atoms with Crippen molar-refractivity contribution in [3.05, 3.63) is 59.7 Å². The second-order valence-electron chi connectivity index (χ2n) is 6.58. The molecule has 134 valence electrons. The van der Waals surface area contributed by atoms with Gasteiger partial charge in [-0.3, -0.25) is 4.79 Å². The Kier molecular flexibility index (Phi) is 7.02. The Morgan fingerprint density at radius 1 is 1.16 bits per heavy atom. The van der Waals surface area contributed by atoms with Crippen molar-refractivity contribution in [3.63, 3.8) is 0 Å². The number of anilines is 1. The number of nitrogens with one attached hydrogen (secondary N) is 1. The molecule has 0 aliphatic carbocycles. The molecule has 0 radical (unpaired) electrons. The zero-order chi connectivity index (χ0) is 18.2. The Morgan fingerprint density at radius 2 is 1.88 bits per heavy atom. The highest BCUT2D eigenvalue weighted by atomic mass is 16.5. The van der Waals surface area contributed by atoms with Crippen molar-refractivity contribution >= 4 is 11.6 Å². The minimum atomic E-state index is -0.0101. The molecule has 2 aromatic rings. The number of ether oxygens (including phenoxy) is 1. The van der Waals surface area contributed by atoms with Gasteiger partial charge in [-0.15, -0.1) is 0 Å². The van der Waals surface area contributed by atoms with Crippen LogP contribution in [0.4, 0.5) is 5.69 Å². The molecule has 0 saturated carbocycles. The molecule has 4 heteroatoms. The number of quaternary nitrogens is 1. The van der Waals surface area contributed by atoms with E-state index in [-0.39, 0.29) is 11.9 Å². The lowest BCUT2D eigenvalue weighted by atomic mass is 9.95. The van der Waals surface area contributed by atoms with E-state index >= 15 is 0 Å². The maximum absolute atomic E-state index is 12.3. The van der Waals surface area contributed by atoms with Crippen LogP contribution in [-0.2, 0) is 11.2 Å². The summed E-state index contributed by atoms with van der Waals surface area (Å²) in [5.74, 6) is 1.17. The maximum atomic E-state index is 12.3. The summed E-state index contributed by atoms with van der Waals surface area (Å²) in [5, 5.41) is 5.04. The molecule has 4 nitrogen and oxygen atoms in total. The predicted molar refractivity (Wildman–Crippen MR) is 102 cm³/mol. The summed E-state index contributed by atoms with van der Waals surface area (Å²) in [7, 11) is 1.62. The van der Waals surface area contributed by atoms with Gasteiger partial charge in [0, 0.05) is 23.2 Å². The highest BCUT2D eigenvalue weighted by Crippen LogP contribution is 2.19.